The van der Waals surface area contributed by atoms with Gasteiger partial charge in [0, 0.05) is 11.4 Å². The third kappa shape index (κ3) is 2.65. The number of carbonyl (C=O) groups is 1. The Hall–Kier alpha value is -1.81. The molecule has 0 bridgehead atoms. The van der Waals surface area contributed by atoms with Gasteiger partial charge >= 0.3 is 5.97 Å². The summed E-state index contributed by atoms with van der Waals surface area (Å²) in [6.45, 7) is 3.98. The normalized spacial score (nSPS) is 10.2. The fraction of sp³-hybridized carbons (Fsp3) is 0.154. The molecule has 0 saturated heterocycles. The number of ether oxygens (including phenoxy) is 1. The minimum absolute atomic E-state index is 0.282. The zero-order valence-corrected chi connectivity index (χ0v) is 10.4. The molecule has 0 unspecified atom stereocenters. The van der Waals surface area contributed by atoms with Crippen molar-refractivity contribution in [3.8, 4) is 11.5 Å². The van der Waals surface area contributed by atoms with Crippen molar-refractivity contribution in [2.45, 2.75) is 13.8 Å². The molecule has 0 aliphatic rings. The number of carboxylic acid groups (broad SMARTS) is 1. The van der Waals surface area contributed by atoms with Crippen molar-refractivity contribution in [3.05, 3.63) is 45.6 Å². The Labute approximate surface area is 103 Å². The number of benzene rings is 1. The van der Waals surface area contributed by atoms with E-state index in [4.69, 9.17) is 9.84 Å². The Morgan fingerprint density at radius 1 is 1.29 bits per heavy atom. The van der Waals surface area contributed by atoms with E-state index in [9.17, 15) is 4.79 Å². The molecule has 0 aliphatic carbocycles. The molecular formula is C13H12O3S. The number of carboxylic acids is 1. The quantitative estimate of drug-likeness (QED) is 0.897. The van der Waals surface area contributed by atoms with E-state index >= 15 is 0 Å². The topological polar surface area (TPSA) is 46.5 Å². The van der Waals surface area contributed by atoms with Crippen LogP contribution in [0.1, 0.15) is 20.8 Å². The second-order valence-electron chi connectivity index (χ2n) is 3.82. The highest BCUT2D eigenvalue weighted by Gasteiger charge is 2.09. The van der Waals surface area contributed by atoms with Gasteiger partial charge in [0.15, 0.2) is 0 Å². The van der Waals surface area contributed by atoms with Crippen LogP contribution in [0.5, 0.6) is 11.5 Å². The van der Waals surface area contributed by atoms with Gasteiger partial charge in [-0.1, -0.05) is 17.7 Å². The first-order chi connectivity index (χ1) is 8.06. The van der Waals surface area contributed by atoms with Gasteiger partial charge in [-0.05, 0) is 25.5 Å². The van der Waals surface area contributed by atoms with Crippen molar-refractivity contribution in [1.82, 2.24) is 0 Å². The lowest BCUT2D eigenvalue weighted by Gasteiger charge is -2.07. The van der Waals surface area contributed by atoms with Gasteiger partial charge in [0.1, 0.15) is 16.4 Å². The predicted molar refractivity (Wildman–Crippen MR) is 67.3 cm³/mol. The molecule has 0 fully saturated rings. The minimum atomic E-state index is -0.925. The van der Waals surface area contributed by atoms with Crippen LogP contribution in [-0.4, -0.2) is 11.1 Å². The molecule has 17 heavy (non-hydrogen) atoms. The van der Waals surface area contributed by atoms with Crippen LogP contribution < -0.4 is 4.74 Å². The van der Waals surface area contributed by atoms with Gasteiger partial charge in [0.25, 0.3) is 0 Å². The third-order valence-electron chi connectivity index (χ3n) is 2.34. The highest BCUT2D eigenvalue weighted by molar-refractivity contribution is 7.12. The number of hydrogen-bond donors (Lipinski definition) is 1. The van der Waals surface area contributed by atoms with Crippen LogP contribution in [0.4, 0.5) is 0 Å². The molecule has 1 N–H and O–H groups in total. The van der Waals surface area contributed by atoms with Crippen LogP contribution in [0.15, 0.2) is 29.6 Å². The van der Waals surface area contributed by atoms with Gasteiger partial charge < -0.3 is 9.84 Å². The molecule has 0 spiro atoms. The number of thiophene rings is 1. The average Bonchev–Trinajstić information content (AvgIpc) is 2.71. The standard InChI is InChI=1S/C13H12O3S/c1-8-3-4-11(9(2)5-8)16-10-6-12(13(14)15)17-7-10/h3-7H,1-2H3,(H,14,15). The van der Waals surface area contributed by atoms with Crippen molar-refractivity contribution in [2.24, 2.45) is 0 Å². The average molecular weight is 248 g/mol. The molecule has 3 nitrogen and oxygen atoms in total. The Kier molecular flexibility index (Phi) is 3.15. The lowest BCUT2D eigenvalue weighted by molar-refractivity contribution is 0.0702. The van der Waals surface area contributed by atoms with Crippen LogP contribution in [-0.2, 0) is 0 Å². The molecule has 0 radical (unpaired) electrons. The Bertz CT molecular complexity index is 558. The summed E-state index contributed by atoms with van der Waals surface area (Å²) in [5.74, 6) is 0.398. The van der Waals surface area contributed by atoms with Gasteiger partial charge in [0.2, 0.25) is 0 Å². The van der Waals surface area contributed by atoms with Crippen molar-refractivity contribution >= 4 is 17.3 Å². The highest BCUT2D eigenvalue weighted by Crippen LogP contribution is 2.29. The molecule has 0 atom stereocenters. The first-order valence-corrected chi connectivity index (χ1v) is 6.01. The van der Waals surface area contributed by atoms with E-state index in [1.54, 1.807) is 5.38 Å². The van der Waals surface area contributed by atoms with Crippen molar-refractivity contribution in [1.29, 1.82) is 0 Å². The van der Waals surface area contributed by atoms with Crippen LogP contribution in [0.3, 0.4) is 0 Å². The minimum Gasteiger partial charge on any atom is -0.477 e. The van der Waals surface area contributed by atoms with Crippen molar-refractivity contribution < 1.29 is 14.6 Å². The van der Waals surface area contributed by atoms with E-state index in [1.807, 2.05) is 32.0 Å². The molecule has 88 valence electrons. The van der Waals surface area contributed by atoms with Gasteiger partial charge in [0.05, 0.1) is 0 Å². The summed E-state index contributed by atoms with van der Waals surface area (Å²) in [5.41, 5.74) is 2.21. The lowest BCUT2D eigenvalue weighted by Crippen LogP contribution is -1.90. The maximum absolute atomic E-state index is 10.7. The maximum Gasteiger partial charge on any atom is 0.346 e. The summed E-state index contributed by atoms with van der Waals surface area (Å²) in [4.78, 5) is 11.0. The molecule has 1 heterocycles. The largest absolute Gasteiger partial charge is 0.477 e. The smallest absolute Gasteiger partial charge is 0.346 e. The van der Waals surface area contributed by atoms with Gasteiger partial charge in [-0.3, -0.25) is 0 Å². The molecule has 1 aromatic heterocycles. The van der Waals surface area contributed by atoms with E-state index in [2.05, 4.69) is 0 Å². The molecule has 4 heteroatoms. The Morgan fingerprint density at radius 3 is 2.65 bits per heavy atom. The Balaban J connectivity index is 2.22. The second kappa shape index (κ2) is 4.59. The first kappa shape index (κ1) is 11.7. The molecule has 2 rings (SSSR count). The zero-order valence-electron chi connectivity index (χ0n) is 9.56. The number of hydrogen-bond acceptors (Lipinski definition) is 3. The summed E-state index contributed by atoms with van der Waals surface area (Å²) in [5, 5.41) is 10.5. The maximum atomic E-state index is 10.7. The first-order valence-electron chi connectivity index (χ1n) is 5.13. The summed E-state index contributed by atoms with van der Waals surface area (Å²) in [6.07, 6.45) is 0. The Morgan fingerprint density at radius 2 is 2.06 bits per heavy atom. The van der Waals surface area contributed by atoms with E-state index in [-0.39, 0.29) is 4.88 Å². The van der Waals surface area contributed by atoms with Crippen LogP contribution in [0, 0.1) is 13.8 Å². The molecule has 0 saturated carbocycles. The predicted octanol–water partition coefficient (Wildman–Crippen LogP) is 3.86. The molecule has 2 aromatic rings. The second-order valence-corrected chi connectivity index (χ2v) is 4.73. The van der Waals surface area contributed by atoms with E-state index in [1.165, 1.54) is 11.6 Å². The summed E-state index contributed by atoms with van der Waals surface area (Å²) >= 11 is 1.16. The fourth-order valence-corrected chi connectivity index (χ4v) is 2.17. The summed E-state index contributed by atoms with van der Waals surface area (Å²) in [7, 11) is 0. The van der Waals surface area contributed by atoms with Crippen molar-refractivity contribution in [2.75, 3.05) is 0 Å². The highest BCUT2D eigenvalue weighted by atomic mass is 32.1. The van der Waals surface area contributed by atoms with E-state index in [0.717, 1.165) is 22.6 Å². The van der Waals surface area contributed by atoms with Crippen molar-refractivity contribution in [3.63, 3.8) is 0 Å². The van der Waals surface area contributed by atoms with Gasteiger partial charge in [-0.15, -0.1) is 11.3 Å². The third-order valence-corrected chi connectivity index (χ3v) is 3.24. The zero-order chi connectivity index (χ0) is 12.4. The van der Waals surface area contributed by atoms with E-state index < -0.39 is 5.97 Å². The number of rotatable bonds is 3. The van der Waals surface area contributed by atoms with Gasteiger partial charge in [-0.25, -0.2) is 4.79 Å². The summed E-state index contributed by atoms with van der Waals surface area (Å²) < 4.78 is 5.64. The molecule has 0 amide bonds. The van der Waals surface area contributed by atoms with Crippen LogP contribution in [0.2, 0.25) is 0 Å². The number of aromatic carboxylic acids is 1. The molecular weight excluding hydrogens is 236 g/mol. The van der Waals surface area contributed by atoms with Crippen LogP contribution in [0.25, 0.3) is 0 Å². The summed E-state index contributed by atoms with van der Waals surface area (Å²) in [6, 6.07) is 7.42. The number of aryl methyl sites for hydroxylation is 2. The van der Waals surface area contributed by atoms with E-state index in [0.29, 0.717) is 5.75 Å². The van der Waals surface area contributed by atoms with Crippen LogP contribution >= 0.6 is 11.3 Å². The monoisotopic (exact) mass is 248 g/mol. The fourth-order valence-electron chi connectivity index (χ4n) is 1.53. The molecule has 1 aromatic carbocycles. The SMILES string of the molecule is Cc1ccc(Oc2csc(C(=O)O)c2)c(C)c1. The lowest BCUT2D eigenvalue weighted by atomic mass is 10.1. The van der Waals surface area contributed by atoms with Gasteiger partial charge in [-0.2, -0.15) is 0 Å². The molecule has 0 aliphatic heterocycles.